The van der Waals surface area contributed by atoms with Gasteiger partial charge in [0.2, 0.25) is 0 Å². The monoisotopic (exact) mass is 746 g/mol. The Morgan fingerprint density at radius 3 is 1.57 bits per heavy atom. The van der Waals surface area contributed by atoms with Crippen molar-refractivity contribution in [1.29, 1.82) is 10.5 Å². The number of rotatable bonds is 12. The van der Waals surface area contributed by atoms with Crippen LogP contribution in [-0.4, -0.2) is 155 Å². The van der Waals surface area contributed by atoms with Gasteiger partial charge in [-0.3, -0.25) is 0 Å². The first-order valence-corrected chi connectivity index (χ1v) is 16.6. The molecule has 0 amide bonds. The first-order valence-electron chi connectivity index (χ1n) is 16.6. The van der Waals surface area contributed by atoms with E-state index in [1.54, 1.807) is 74.9 Å². The topological polar surface area (TPSA) is 274 Å². The molecule has 6 rings (SSSR count). The van der Waals surface area contributed by atoms with Crippen LogP contribution >= 0.6 is 0 Å². The summed E-state index contributed by atoms with van der Waals surface area (Å²) in [6.07, 6.45) is -5.10. The fraction of sp³-hybridized carbons (Fsp3) is 0.485. The van der Waals surface area contributed by atoms with Gasteiger partial charge in [0, 0.05) is 41.0 Å². The van der Waals surface area contributed by atoms with Crippen LogP contribution in [-0.2, 0) is 18.9 Å². The summed E-state index contributed by atoms with van der Waals surface area (Å²) in [5.41, 5.74) is -2.32. The second-order valence-corrected chi connectivity index (χ2v) is 13.1. The number of carbonyl (C=O) groups excluding carboxylic acids is 1. The average molecular weight is 747 g/mol. The first-order chi connectivity index (χ1) is 25.8. The molecular formula is C33H38N12O9. The zero-order valence-electron chi connectivity index (χ0n) is 29.6. The van der Waals surface area contributed by atoms with Crippen LogP contribution in [0.1, 0.15) is 36.4 Å². The molecule has 21 nitrogen and oxygen atoms in total. The molecule has 0 aliphatic carbocycles. The standard InChI is InChI=1S/C33H38N12O9/c1-42(2)17-38-29-21-7-5-19(44(21)40-15-36-29)25-23(46)27(48)32(13-34,53-25)9-11-51-31(50)52-12-10-33(14-35)28(49)24(47)26(54-33)20-6-8-22-30(39-18-43(3)4)37-16-41-45(20)22/h5-8,15-18,23-28,46-49H,9-12H2,1-4H3/t23-,24-,25-,26-,27-,28-,32+,33+/m0/s1. The Bertz CT molecular complexity index is 1990. The molecular weight excluding hydrogens is 708 g/mol. The highest BCUT2D eigenvalue weighted by molar-refractivity contribution is 5.72. The molecule has 4 aromatic heterocycles. The Balaban J connectivity index is 1.06. The predicted molar refractivity (Wildman–Crippen MR) is 185 cm³/mol. The van der Waals surface area contributed by atoms with E-state index >= 15 is 0 Å². The molecule has 0 saturated carbocycles. The van der Waals surface area contributed by atoms with E-state index in [-0.39, 0.29) is 12.8 Å². The molecule has 0 unspecified atom stereocenters. The maximum atomic E-state index is 12.5. The quantitative estimate of drug-likeness (QED) is 0.0841. The summed E-state index contributed by atoms with van der Waals surface area (Å²) in [7, 11) is 7.18. The number of nitriles is 2. The van der Waals surface area contributed by atoms with Gasteiger partial charge in [-0.1, -0.05) is 0 Å². The lowest BCUT2D eigenvalue weighted by molar-refractivity contribution is -0.0680. The molecule has 2 aliphatic rings. The van der Waals surface area contributed by atoms with Crippen LogP contribution in [0.3, 0.4) is 0 Å². The molecule has 4 N–H and O–H groups in total. The largest absolute Gasteiger partial charge is 0.508 e. The third kappa shape index (κ3) is 6.99. The van der Waals surface area contributed by atoms with Crippen molar-refractivity contribution in [3.05, 3.63) is 48.3 Å². The second-order valence-electron chi connectivity index (χ2n) is 13.1. The Morgan fingerprint density at radius 2 is 1.20 bits per heavy atom. The van der Waals surface area contributed by atoms with E-state index in [0.29, 0.717) is 34.1 Å². The normalized spacial score (nSPS) is 28.2. The highest BCUT2D eigenvalue weighted by Gasteiger charge is 2.57. The molecule has 6 heterocycles. The summed E-state index contributed by atoms with van der Waals surface area (Å²) in [5.74, 6) is 0.680. The van der Waals surface area contributed by atoms with Crippen LogP contribution in [0.25, 0.3) is 11.0 Å². The highest BCUT2D eigenvalue weighted by atomic mass is 16.7. The number of hydrogen-bond donors (Lipinski definition) is 4. The lowest BCUT2D eigenvalue weighted by Gasteiger charge is -2.25. The van der Waals surface area contributed by atoms with Crippen molar-refractivity contribution in [2.45, 2.75) is 60.7 Å². The van der Waals surface area contributed by atoms with Crippen molar-refractivity contribution >= 4 is 41.5 Å². The zero-order valence-corrected chi connectivity index (χ0v) is 29.6. The number of aliphatic hydroxyl groups excluding tert-OH is 4. The maximum Gasteiger partial charge on any atom is 0.508 e. The number of aromatic nitrogens is 6. The number of ether oxygens (including phenoxy) is 4. The van der Waals surface area contributed by atoms with Gasteiger partial charge in [-0.05, 0) is 24.3 Å². The van der Waals surface area contributed by atoms with Gasteiger partial charge in [0.05, 0.1) is 37.3 Å². The summed E-state index contributed by atoms with van der Waals surface area (Å²) in [6.45, 7) is -0.924. The fourth-order valence-corrected chi connectivity index (χ4v) is 6.26. The summed E-state index contributed by atoms with van der Waals surface area (Å²) in [6, 6.07) is 10.3. The smallest absolute Gasteiger partial charge is 0.434 e. The highest BCUT2D eigenvalue weighted by Crippen LogP contribution is 2.44. The minimum absolute atomic E-state index is 0.324. The molecule has 2 fully saturated rings. The van der Waals surface area contributed by atoms with Crippen LogP contribution in [0.5, 0.6) is 0 Å². The molecule has 0 bridgehead atoms. The summed E-state index contributed by atoms with van der Waals surface area (Å²) in [5, 5.41) is 72.3. The van der Waals surface area contributed by atoms with Crippen LogP contribution in [0.2, 0.25) is 0 Å². The Hall–Kier alpha value is -5.81. The van der Waals surface area contributed by atoms with E-state index in [0.717, 1.165) is 0 Å². The van der Waals surface area contributed by atoms with Crippen LogP contribution in [0.15, 0.2) is 46.9 Å². The van der Waals surface area contributed by atoms with E-state index in [1.165, 1.54) is 21.7 Å². The molecule has 21 heteroatoms. The van der Waals surface area contributed by atoms with Gasteiger partial charge in [-0.15, -0.1) is 0 Å². The zero-order chi connectivity index (χ0) is 38.8. The number of hydrogen-bond acceptors (Lipinski definition) is 17. The van der Waals surface area contributed by atoms with Crippen LogP contribution < -0.4 is 0 Å². The number of carbonyl (C=O) groups is 1. The lowest BCUT2D eigenvalue weighted by Crippen LogP contribution is -2.43. The predicted octanol–water partition coefficient (Wildman–Crippen LogP) is -0.0406. The molecule has 8 atom stereocenters. The minimum atomic E-state index is -1.97. The fourth-order valence-electron chi connectivity index (χ4n) is 6.26. The number of aliphatic hydroxyl groups is 4. The van der Waals surface area contributed by atoms with Crippen LogP contribution in [0.4, 0.5) is 16.4 Å². The van der Waals surface area contributed by atoms with Crippen molar-refractivity contribution in [2.75, 3.05) is 41.4 Å². The van der Waals surface area contributed by atoms with E-state index in [1.807, 2.05) is 12.1 Å². The van der Waals surface area contributed by atoms with Gasteiger partial charge in [-0.2, -0.15) is 20.7 Å². The van der Waals surface area contributed by atoms with E-state index in [4.69, 9.17) is 18.9 Å². The van der Waals surface area contributed by atoms with Gasteiger partial charge in [0.15, 0.2) is 22.8 Å². The molecule has 0 aromatic carbocycles. The third-order valence-corrected chi connectivity index (χ3v) is 8.99. The van der Waals surface area contributed by atoms with Gasteiger partial charge in [0.1, 0.15) is 72.5 Å². The maximum absolute atomic E-state index is 12.5. The van der Waals surface area contributed by atoms with Crippen LogP contribution in [0, 0.1) is 22.7 Å². The van der Waals surface area contributed by atoms with Crippen molar-refractivity contribution in [3.8, 4) is 12.1 Å². The third-order valence-electron chi connectivity index (χ3n) is 8.99. The van der Waals surface area contributed by atoms with Gasteiger partial charge >= 0.3 is 6.16 Å². The van der Waals surface area contributed by atoms with E-state index < -0.39 is 67.2 Å². The summed E-state index contributed by atoms with van der Waals surface area (Å²) >= 11 is 0. The summed E-state index contributed by atoms with van der Waals surface area (Å²) in [4.78, 5) is 33.0. The second kappa shape index (κ2) is 15.3. The molecule has 284 valence electrons. The van der Waals surface area contributed by atoms with Crippen molar-refractivity contribution in [1.82, 2.24) is 39.0 Å². The Labute approximate surface area is 307 Å². The minimum Gasteiger partial charge on any atom is -0.434 e. The first kappa shape index (κ1) is 37.9. The Kier molecular flexibility index (Phi) is 10.7. The van der Waals surface area contributed by atoms with E-state index in [2.05, 4.69) is 30.2 Å². The van der Waals surface area contributed by atoms with Gasteiger partial charge in [0.25, 0.3) is 0 Å². The van der Waals surface area contributed by atoms with Gasteiger partial charge < -0.3 is 49.2 Å². The number of aliphatic imine (C=N–C) groups is 2. The van der Waals surface area contributed by atoms with Crippen molar-refractivity contribution in [3.63, 3.8) is 0 Å². The molecule has 2 saturated heterocycles. The molecule has 54 heavy (non-hydrogen) atoms. The number of fused-ring (bicyclic) bond motifs is 2. The van der Waals surface area contributed by atoms with Crippen molar-refractivity contribution < 1.29 is 44.2 Å². The Morgan fingerprint density at radius 1 is 0.796 bits per heavy atom. The SMILES string of the molecule is CN(C)C=Nc1ncnn2c([C@@H]3O[C@@](C#N)(CCOC(=O)OCC[C@]4(C#N)O[C@@H](c5ccc6c(N=CN(C)C)ncnn56)[C@H](O)[C@@H]4O)[C@@H](O)[C@H]3O)ccc12. The lowest BCUT2D eigenvalue weighted by atomic mass is 9.92. The average Bonchev–Trinajstić information content (AvgIpc) is 3.90. The number of nitrogens with zero attached hydrogens (tertiary/aromatic N) is 12. The van der Waals surface area contributed by atoms with Crippen molar-refractivity contribution in [2.24, 2.45) is 9.98 Å². The molecule has 4 aromatic rings. The molecule has 0 spiro atoms. The molecule has 2 aliphatic heterocycles. The van der Waals surface area contributed by atoms with Gasteiger partial charge in [-0.25, -0.2) is 33.8 Å². The van der Waals surface area contributed by atoms with E-state index in [9.17, 15) is 35.7 Å². The summed E-state index contributed by atoms with van der Waals surface area (Å²) < 4.78 is 25.0. The molecule has 0 radical (unpaired) electrons.